The Morgan fingerprint density at radius 1 is 0.829 bits per heavy atom. The summed E-state index contributed by atoms with van der Waals surface area (Å²) < 4.78 is 10.7. The van der Waals surface area contributed by atoms with Crippen molar-refractivity contribution >= 4 is 35.1 Å². The summed E-state index contributed by atoms with van der Waals surface area (Å²) in [6.45, 7) is -0.665. The van der Waals surface area contributed by atoms with E-state index in [1.165, 1.54) is 36.4 Å². The van der Waals surface area contributed by atoms with Crippen molar-refractivity contribution in [2.24, 2.45) is 0 Å². The Balaban J connectivity index is 1.36. The minimum Gasteiger partial charge on any atom is -0.460 e. The molecule has 2 amide bonds. The van der Waals surface area contributed by atoms with Gasteiger partial charge in [0.1, 0.15) is 24.7 Å². The van der Waals surface area contributed by atoms with E-state index in [2.05, 4.69) is 10.6 Å². The summed E-state index contributed by atoms with van der Waals surface area (Å²) in [6, 6.07) is 18.6. The van der Waals surface area contributed by atoms with E-state index in [0.29, 0.717) is 27.6 Å². The van der Waals surface area contributed by atoms with Crippen LogP contribution in [0.3, 0.4) is 0 Å². The van der Waals surface area contributed by atoms with E-state index in [1.54, 1.807) is 36.4 Å². The zero-order valence-electron chi connectivity index (χ0n) is 18.2. The van der Waals surface area contributed by atoms with Crippen LogP contribution in [0, 0.1) is 10.1 Å². The Kier molecular flexibility index (Phi) is 8.74. The Labute approximate surface area is 205 Å². The maximum absolute atomic E-state index is 12.0. The van der Waals surface area contributed by atoms with Crippen LogP contribution in [0.2, 0.25) is 5.02 Å². The van der Waals surface area contributed by atoms with Crippen LogP contribution in [0.1, 0.15) is 15.9 Å². The average molecular weight is 498 g/mol. The Hall–Kier alpha value is -4.44. The summed E-state index contributed by atoms with van der Waals surface area (Å²) in [5.74, 6) is -0.692. The number of non-ortho nitro benzene ring substituents is 1. The molecule has 35 heavy (non-hydrogen) atoms. The normalized spacial score (nSPS) is 10.2. The van der Waals surface area contributed by atoms with Gasteiger partial charge in [-0.05, 0) is 54.1 Å². The second kappa shape index (κ2) is 12.1. The number of ether oxygens (including phenoxy) is 2. The summed E-state index contributed by atoms with van der Waals surface area (Å²) in [5, 5.41) is 16.0. The molecule has 0 fully saturated rings. The van der Waals surface area contributed by atoms with Crippen LogP contribution < -0.4 is 15.4 Å². The molecule has 0 aliphatic heterocycles. The number of halogens is 1. The minimum atomic E-state index is -0.645. The first-order valence-electron chi connectivity index (χ1n) is 10.3. The predicted octanol–water partition coefficient (Wildman–Crippen LogP) is 3.63. The van der Waals surface area contributed by atoms with Crippen LogP contribution in [0.4, 0.5) is 5.69 Å². The second-order valence-corrected chi connectivity index (χ2v) is 7.56. The Morgan fingerprint density at radius 3 is 2.03 bits per heavy atom. The number of rotatable bonds is 10. The third kappa shape index (κ3) is 8.13. The topological polar surface area (TPSA) is 137 Å². The van der Waals surface area contributed by atoms with Crippen molar-refractivity contribution in [2.45, 2.75) is 6.61 Å². The zero-order chi connectivity index (χ0) is 25.2. The number of nitro benzene ring substituents is 1. The van der Waals surface area contributed by atoms with Crippen molar-refractivity contribution in [1.82, 2.24) is 10.6 Å². The molecule has 0 unspecified atom stereocenters. The van der Waals surface area contributed by atoms with E-state index in [1.807, 2.05) is 0 Å². The van der Waals surface area contributed by atoms with Crippen molar-refractivity contribution in [2.75, 3.05) is 13.1 Å². The van der Waals surface area contributed by atoms with Gasteiger partial charge in [0.15, 0.2) is 0 Å². The highest BCUT2D eigenvalue weighted by Gasteiger charge is 2.10. The average Bonchev–Trinajstić information content (AvgIpc) is 2.86. The summed E-state index contributed by atoms with van der Waals surface area (Å²) in [4.78, 5) is 45.9. The number of amides is 2. The van der Waals surface area contributed by atoms with Gasteiger partial charge in [0.25, 0.3) is 11.6 Å². The molecule has 0 aliphatic rings. The van der Waals surface area contributed by atoms with Gasteiger partial charge in [-0.1, -0.05) is 23.7 Å². The number of carbonyl (C=O) groups excluding carboxylic acids is 3. The lowest BCUT2D eigenvalue weighted by Crippen LogP contribution is -2.39. The fraction of sp³-hybridized carbons (Fsp3) is 0.125. The molecule has 180 valence electrons. The van der Waals surface area contributed by atoms with Gasteiger partial charge < -0.3 is 20.1 Å². The van der Waals surface area contributed by atoms with Gasteiger partial charge in [0, 0.05) is 22.7 Å². The van der Waals surface area contributed by atoms with E-state index in [4.69, 9.17) is 21.1 Å². The molecule has 3 aromatic rings. The highest BCUT2D eigenvalue weighted by Crippen LogP contribution is 2.24. The zero-order valence-corrected chi connectivity index (χ0v) is 19.0. The van der Waals surface area contributed by atoms with Gasteiger partial charge >= 0.3 is 5.97 Å². The number of hydrogen-bond donors (Lipinski definition) is 2. The van der Waals surface area contributed by atoms with Gasteiger partial charge in [-0.3, -0.25) is 24.5 Å². The second-order valence-electron chi connectivity index (χ2n) is 7.12. The first-order valence-corrected chi connectivity index (χ1v) is 10.7. The van der Waals surface area contributed by atoms with Crippen LogP contribution >= 0.6 is 11.6 Å². The quantitative estimate of drug-likeness (QED) is 0.248. The van der Waals surface area contributed by atoms with Gasteiger partial charge in [-0.15, -0.1) is 0 Å². The van der Waals surface area contributed by atoms with E-state index < -0.39 is 22.7 Å². The number of nitrogens with zero attached hydrogens (tertiary/aromatic N) is 1. The lowest BCUT2D eigenvalue weighted by molar-refractivity contribution is -0.384. The standard InChI is InChI=1S/C24H20ClN3O7/c25-18-5-3-17(4-6-18)24(31)27-13-22(29)26-14-23(30)34-15-16-1-9-20(10-2-16)35-21-11-7-19(8-12-21)28(32)33/h1-12H,13-15H2,(H,26,29)(H,27,31). The molecular weight excluding hydrogens is 478 g/mol. The molecule has 0 bridgehead atoms. The highest BCUT2D eigenvalue weighted by atomic mass is 35.5. The molecule has 11 heteroatoms. The van der Waals surface area contributed by atoms with Crippen molar-refractivity contribution in [3.63, 3.8) is 0 Å². The molecule has 0 aliphatic carbocycles. The van der Waals surface area contributed by atoms with Crippen LogP contribution in [-0.2, 0) is 20.9 Å². The SMILES string of the molecule is O=C(CNC(=O)c1ccc(Cl)cc1)NCC(=O)OCc1ccc(Oc2ccc([N+](=O)[O-])cc2)cc1. The number of hydrogen-bond acceptors (Lipinski definition) is 7. The van der Waals surface area contributed by atoms with Gasteiger partial charge in [0.05, 0.1) is 11.5 Å². The van der Waals surface area contributed by atoms with E-state index in [-0.39, 0.29) is 25.4 Å². The number of carbonyl (C=O) groups is 3. The predicted molar refractivity (Wildman–Crippen MR) is 126 cm³/mol. The van der Waals surface area contributed by atoms with Crippen molar-refractivity contribution in [3.05, 3.63) is 99.1 Å². The minimum absolute atomic E-state index is 0.0141. The summed E-state index contributed by atoms with van der Waals surface area (Å²) in [5.41, 5.74) is 1.01. The monoisotopic (exact) mass is 497 g/mol. The first-order chi connectivity index (χ1) is 16.8. The van der Waals surface area contributed by atoms with Crippen LogP contribution in [-0.4, -0.2) is 35.8 Å². The number of esters is 1. The highest BCUT2D eigenvalue weighted by molar-refractivity contribution is 6.30. The molecule has 0 radical (unpaired) electrons. The van der Waals surface area contributed by atoms with Gasteiger partial charge in [0.2, 0.25) is 5.91 Å². The lowest BCUT2D eigenvalue weighted by atomic mass is 10.2. The van der Waals surface area contributed by atoms with E-state index >= 15 is 0 Å². The Bertz CT molecular complexity index is 1200. The molecule has 0 saturated heterocycles. The smallest absolute Gasteiger partial charge is 0.325 e. The maximum Gasteiger partial charge on any atom is 0.325 e. The summed E-state index contributed by atoms with van der Waals surface area (Å²) >= 11 is 5.77. The van der Waals surface area contributed by atoms with Gasteiger partial charge in [-0.25, -0.2) is 0 Å². The van der Waals surface area contributed by atoms with Crippen molar-refractivity contribution < 1.29 is 28.8 Å². The Morgan fingerprint density at radius 2 is 1.43 bits per heavy atom. The van der Waals surface area contributed by atoms with Crippen LogP contribution in [0.5, 0.6) is 11.5 Å². The van der Waals surface area contributed by atoms with Crippen LogP contribution in [0.25, 0.3) is 0 Å². The molecular formula is C24H20ClN3O7. The maximum atomic E-state index is 12.0. The molecule has 2 N–H and O–H groups in total. The molecule has 3 aromatic carbocycles. The molecule has 10 nitrogen and oxygen atoms in total. The number of nitro groups is 1. The summed E-state index contributed by atoms with van der Waals surface area (Å²) in [6.07, 6.45) is 0. The van der Waals surface area contributed by atoms with Crippen molar-refractivity contribution in [3.8, 4) is 11.5 Å². The fourth-order valence-corrected chi connectivity index (χ4v) is 2.86. The number of nitrogens with one attached hydrogen (secondary N) is 2. The van der Waals surface area contributed by atoms with Crippen molar-refractivity contribution in [1.29, 1.82) is 0 Å². The first kappa shape index (κ1) is 25.2. The van der Waals surface area contributed by atoms with Crippen LogP contribution in [0.15, 0.2) is 72.8 Å². The van der Waals surface area contributed by atoms with Gasteiger partial charge in [-0.2, -0.15) is 0 Å². The molecule has 0 saturated carbocycles. The molecule has 0 spiro atoms. The molecule has 0 aromatic heterocycles. The third-order valence-electron chi connectivity index (χ3n) is 4.55. The summed E-state index contributed by atoms with van der Waals surface area (Å²) in [7, 11) is 0. The molecule has 3 rings (SSSR count). The molecule has 0 heterocycles. The number of benzene rings is 3. The lowest BCUT2D eigenvalue weighted by Gasteiger charge is -2.09. The third-order valence-corrected chi connectivity index (χ3v) is 4.80. The van der Waals surface area contributed by atoms with E-state index in [9.17, 15) is 24.5 Å². The largest absolute Gasteiger partial charge is 0.460 e. The fourth-order valence-electron chi connectivity index (χ4n) is 2.74. The molecule has 0 atom stereocenters. The van der Waals surface area contributed by atoms with E-state index in [0.717, 1.165) is 0 Å².